The highest BCUT2D eigenvalue weighted by Gasteiger charge is 2.36. The first-order chi connectivity index (χ1) is 8.82. The van der Waals surface area contributed by atoms with Crippen molar-refractivity contribution in [2.45, 2.75) is 25.2 Å². The summed E-state index contributed by atoms with van der Waals surface area (Å²) >= 11 is 0. The van der Waals surface area contributed by atoms with E-state index in [4.69, 9.17) is 5.11 Å². The van der Waals surface area contributed by atoms with Crippen LogP contribution in [0.5, 0.6) is 0 Å². The first-order valence-corrected chi connectivity index (χ1v) is 7.56. The summed E-state index contributed by atoms with van der Waals surface area (Å²) < 4.78 is 26.3. The zero-order valence-electron chi connectivity index (χ0n) is 11.0. The molecular weight excluding hydrogens is 266 g/mol. The molecule has 1 unspecified atom stereocenters. The Labute approximate surface area is 112 Å². The van der Waals surface area contributed by atoms with E-state index in [0.29, 0.717) is 12.0 Å². The molecule has 1 heterocycles. The molecule has 0 aromatic heterocycles. The second kappa shape index (κ2) is 4.94. The van der Waals surface area contributed by atoms with Gasteiger partial charge >= 0.3 is 5.97 Å². The summed E-state index contributed by atoms with van der Waals surface area (Å²) in [6.07, 6.45) is 0.374. The molecule has 1 N–H and O–H groups in total. The summed E-state index contributed by atoms with van der Waals surface area (Å²) in [4.78, 5) is 11.2. The van der Waals surface area contributed by atoms with E-state index in [1.54, 1.807) is 19.1 Å². The zero-order valence-corrected chi connectivity index (χ0v) is 11.8. The van der Waals surface area contributed by atoms with Crippen LogP contribution in [0, 0.1) is 19.8 Å². The van der Waals surface area contributed by atoms with E-state index in [2.05, 4.69) is 0 Å². The van der Waals surface area contributed by atoms with Gasteiger partial charge in [0.1, 0.15) is 0 Å². The molecular formula is C13H17NO4S. The molecule has 0 spiro atoms. The topological polar surface area (TPSA) is 74.7 Å². The molecule has 0 bridgehead atoms. The molecule has 0 aliphatic carbocycles. The van der Waals surface area contributed by atoms with Gasteiger partial charge in [-0.1, -0.05) is 12.1 Å². The minimum absolute atomic E-state index is 0.0606. The van der Waals surface area contributed by atoms with Gasteiger partial charge in [-0.3, -0.25) is 4.79 Å². The Morgan fingerprint density at radius 1 is 1.37 bits per heavy atom. The van der Waals surface area contributed by atoms with E-state index in [1.165, 1.54) is 4.31 Å². The van der Waals surface area contributed by atoms with E-state index in [0.717, 1.165) is 5.56 Å². The number of aliphatic carboxylic acids is 1. The van der Waals surface area contributed by atoms with E-state index in [9.17, 15) is 13.2 Å². The third-order valence-corrected chi connectivity index (χ3v) is 5.47. The van der Waals surface area contributed by atoms with Crippen molar-refractivity contribution in [1.29, 1.82) is 0 Å². The number of carboxylic acid groups (broad SMARTS) is 1. The SMILES string of the molecule is Cc1ccc(C)c(S(=O)(=O)N2CCC(C(=O)O)C2)c1. The van der Waals surface area contributed by atoms with E-state index >= 15 is 0 Å². The monoisotopic (exact) mass is 283 g/mol. The number of hydrogen-bond donors (Lipinski definition) is 1. The normalized spacial score (nSPS) is 20.6. The Morgan fingerprint density at radius 2 is 2.05 bits per heavy atom. The standard InChI is InChI=1S/C13H17NO4S/c1-9-3-4-10(2)12(7-9)19(17,18)14-6-5-11(8-14)13(15)16/h3-4,7,11H,5-6,8H2,1-2H3,(H,15,16). The van der Waals surface area contributed by atoms with Gasteiger partial charge in [0.25, 0.3) is 0 Å². The lowest BCUT2D eigenvalue weighted by Gasteiger charge is -2.17. The third-order valence-electron chi connectivity index (χ3n) is 3.46. The van der Waals surface area contributed by atoms with E-state index in [-0.39, 0.29) is 18.0 Å². The summed E-state index contributed by atoms with van der Waals surface area (Å²) in [6, 6.07) is 5.27. The summed E-state index contributed by atoms with van der Waals surface area (Å²) in [7, 11) is -3.59. The lowest BCUT2D eigenvalue weighted by Crippen LogP contribution is -2.30. The van der Waals surface area contributed by atoms with Crippen molar-refractivity contribution < 1.29 is 18.3 Å². The average Bonchev–Trinajstić information content (AvgIpc) is 2.82. The van der Waals surface area contributed by atoms with Crippen LogP contribution < -0.4 is 0 Å². The van der Waals surface area contributed by atoms with Crippen LogP contribution in [0.2, 0.25) is 0 Å². The van der Waals surface area contributed by atoms with Gasteiger partial charge in [0, 0.05) is 13.1 Å². The lowest BCUT2D eigenvalue weighted by atomic mass is 10.1. The Bertz CT molecular complexity index is 609. The predicted molar refractivity (Wildman–Crippen MR) is 70.4 cm³/mol. The predicted octanol–water partition coefficient (Wildman–Crippen LogP) is 1.40. The summed E-state index contributed by atoms with van der Waals surface area (Å²) in [5, 5.41) is 8.94. The van der Waals surface area contributed by atoms with E-state index < -0.39 is 21.9 Å². The molecule has 0 amide bonds. The number of carboxylic acids is 1. The molecule has 1 aliphatic rings. The van der Waals surface area contributed by atoms with Gasteiger partial charge in [-0.05, 0) is 37.5 Å². The largest absolute Gasteiger partial charge is 0.481 e. The maximum absolute atomic E-state index is 12.5. The maximum Gasteiger partial charge on any atom is 0.307 e. The highest BCUT2D eigenvalue weighted by molar-refractivity contribution is 7.89. The second-order valence-corrected chi connectivity index (χ2v) is 6.86. The number of aryl methyl sites for hydroxylation is 2. The third kappa shape index (κ3) is 2.64. The molecule has 6 heteroatoms. The van der Waals surface area contributed by atoms with Crippen molar-refractivity contribution in [2.24, 2.45) is 5.92 Å². The van der Waals surface area contributed by atoms with Gasteiger partial charge in [0.05, 0.1) is 10.8 Å². The molecule has 1 saturated heterocycles. The van der Waals surface area contributed by atoms with Gasteiger partial charge in [-0.25, -0.2) is 8.42 Å². The van der Waals surface area contributed by atoms with Crippen molar-refractivity contribution in [1.82, 2.24) is 4.31 Å². The van der Waals surface area contributed by atoms with Gasteiger partial charge in [-0.15, -0.1) is 0 Å². The molecule has 1 fully saturated rings. The highest BCUT2D eigenvalue weighted by Crippen LogP contribution is 2.26. The number of nitrogens with zero attached hydrogens (tertiary/aromatic N) is 1. The van der Waals surface area contributed by atoms with Crippen LogP contribution in [-0.2, 0) is 14.8 Å². The van der Waals surface area contributed by atoms with Crippen molar-refractivity contribution in [3.8, 4) is 0 Å². The van der Waals surface area contributed by atoms with Gasteiger partial charge in [0.2, 0.25) is 10.0 Å². The summed E-state index contributed by atoms with van der Waals surface area (Å²) in [5.41, 5.74) is 1.56. The molecule has 1 aliphatic heterocycles. The Hall–Kier alpha value is -1.40. The van der Waals surface area contributed by atoms with Crippen molar-refractivity contribution in [3.05, 3.63) is 29.3 Å². The van der Waals surface area contributed by atoms with Crippen molar-refractivity contribution >= 4 is 16.0 Å². The number of carbonyl (C=O) groups is 1. The van der Waals surface area contributed by atoms with Crippen LogP contribution in [0.4, 0.5) is 0 Å². The van der Waals surface area contributed by atoms with Crippen molar-refractivity contribution in [2.75, 3.05) is 13.1 Å². The Balaban J connectivity index is 2.33. The van der Waals surface area contributed by atoms with Crippen LogP contribution in [0.3, 0.4) is 0 Å². The molecule has 2 rings (SSSR count). The molecule has 1 atom stereocenters. The fourth-order valence-electron chi connectivity index (χ4n) is 2.27. The van der Waals surface area contributed by atoms with Crippen LogP contribution >= 0.6 is 0 Å². The summed E-state index contributed by atoms with van der Waals surface area (Å²) in [5.74, 6) is -1.53. The quantitative estimate of drug-likeness (QED) is 0.910. The minimum Gasteiger partial charge on any atom is -0.481 e. The van der Waals surface area contributed by atoms with Gasteiger partial charge in [-0.2, -0.15) is 4.31 Å². The summed E-state index contributed by atoms with van der Waals surface area (Å²) in [6.45, 7) is 3.91. The maximum atomic E-state index is 12.5. The number of benzene rings is 1. The van der Waals surface area contributed by atoms with Crippen molar-refractivity contribution in [3.63, 3.8) is 0 Å². The van der Waals surface area contributed by atoms with Gasteiger partial charge < -0.3 is 5.11 Å². The van der Waals surface area contributed by atoms with E-state index in [1.807, 2.05) is 13.0 Å². The first-order valence-electron chi connectivity index (χ1n) is 6.12. The molecule has 104 valence electrons. The van der Waals surface area contributed by atoms with Crippen LogP contribution in [0.1, 0.15) is 17.5 Å². The number of hydrogen-bond acceptors (Lipinski definition) is 3. The van der Waals surface area contributed by atoms with Gasteiger partial charge in [0.15, 0.2) is 0 Å². The Morgan fingerprint density at radius 3 is 2.63 bits per heavy atom. The van der Waals surface area contributed by atoms with Crippen LogP contribution in [0.25, 0.3) is 0 Å². The molecule has 5 nitrogen and oxygen atoms in total. The zero-order chi connectivity index (χ0) is 14.2. The first kappa shape index (κ1) is 14.0. The molecule has 19 heavy (non-hydrogen) atoms. The lowest BCUT2D eigenvalue weighted by molar-refractivity contribution is -0.141. The average molecular weight is 283 g/mol. The second-order valence-electron chi connectivity index (χ2n) is 4.96. The fourth-order valence-corrected chi connectivity index (χ4v) is 4.08. The highest BCUT2D eigenvalue weighted by atomic mass is 32.2. The molecule has 0 saturated carbocycles. The number of sulfonamides is 1. The number of rotatable bonds is 3. The molecule has 1 aromatic carbocycles. The molecule has 1 aromatic rings. The minimum atomic E-state index is -3.59. The van der Waals surface area contributed by atoms with Crippen LogP contribution in [-0.4, -0.2) is 36.9 Å². The fraction of sp³-hybridized carbons (Fsp3) is 0.462. The van der Waals surface area contributed by atoms with Crippen LogP contribution in [0.15, 0.2) is 23.1 Å². The smallest absolute Gasteiger partial charge is 0.307 e. The molecule has 0 radical (unpaired) electrons. The Kier molecular flexibility index (Phi) is 3.64.